The molecule has 0 aliphatic heterocycles. The van der Waals surface area contributed by atoms with Crippen LogP contribution >= 0.6 is 34.5 Å². The number of nitrogens with one attached hydrogen (secondary N) is 1. The third kappa shape index (κ3) is 6.74. The third-order valence-corrected chi connectivity index (χ3v) is 6.86. The van der Waals surface area contributed by atoms with E-state index < -0.39 is 17.6 Å². The number of nitrogens with zero attached hydrogens (tertiary/aromatic N) is 1. The number of alkyl halides is 3. The minimum atomic E-state index is -4.45. The van der Waals surface area contributed by atoms with Gasteiger partial charge in [-0.25, -0.2) is 4.98 Å². The number of halogens is 5. The molecule has 4 rings (SSSR count). The van der Waals surface area contributed by atoms with Crippen LogP contribution in [0.2, 0.25) is 10.0 Å². The van der Waals surface area contributed by atoms with Gasteiger partial charge in [0.25, 0.3) is 5.91 Å². The molecule has 1 N–H and O–H groups in total. The summed E-state index contributed by atoms with van der Waals surface area (Å²) in [6, 6.07) is 15.3. The van der Waals surface area contributed by atoms with Crippen molar-refractivity contribution in [2.45, 2.75) is 19.3 Å². The molecule has 192 valence electrons. The van der Waals surface area contributed by atoms with Crippen molar-refractivity contribution < 1.29 is 27.4 Å². The second-order valence-electron chi connectivity index (χ2n) is 7.82. The van der Waals surface area contributed by atoms with Crippen molar-refractivity contribution in [2.75, 3.05) is 7.11 Å². The van der Waals surface area contributed by atoms with Crippen LogP contribution in [0.3, 0.4) is 0 Å². The molecule has 0 saturated carbocycles. The van der Waals surface area contributed by atoms with Crippen LogP contribution in [-0.2, 0) is 19.3 Å². The van der Waals surface area contributed by atoms with Crippen molar-refractivity contribution in [3.63, 3.8) is 0 Å². The van der Waals surface area contributed by atoms with Crippen LogP contribution in [0, 0.1) is 0 Å². The zero-order chi connectivity index (χ0) is 26.6. The minimum Gasteiger partial charge on any atom is -0.493 e. The number of carbonyl (C=O) groups excluding carboxylic acids is 1. The van der Waals surface area contributed by atoms with E-state index in [-0.39, 0.29) is 18.8 Å². The maximum atomic E-state index is 12.9. The van der Waals surface area contributed by atoms with Crippen LogP contribution in [0.15, 0.2) is 66.0 Å². The molecule has 11 heteroatoms. The summed E-state index contributed by atoms with van der Waals surface area (Å²) in [5.41, 5.74) is 1.26. The summed E-state index contributed by atoms with van der Waals surface area (Å²) >= 11 is 13.3. The fourth-order valence-electron chi connectivity index (χ4n) is 3.35. The molecule has 1 aromatic heterocycles. The lowest BCUT2D eigenvalue weighted by atomic mass is 10.1. The molecule has 0 saturated heterocycles. The molecular formula is C26H19Cl2F3N2O3S. The van der Waals surface area contributed by atoms with Gasteiger partial charge in [0.2, 0.25) is 0 Å². The summed E-state index contributed by atoms with van der Waals surface area (Å²) in [4.78, 5) is 16.9. The Morgan fingerprint density at radius 3 is 2.54 bits per heavy atom. The highest BCUT2D eigenvalue weighted by Gasteiger charge is 2.30. The molecule has 0 radical (unpaired) electrons. The first-order chi connectivity index (χ1) is 17.6. The van der Waals surface area contributed by atoms with E-state index in [1.807, 2.05) is 6.07 Å². The molecule has 1 amide bonds. The molecule has 0 bridgehead atoms. The Balaban J connectivity index is 1.41. The summed E-state index contributed by atoms with van der Waals surface area (Å²) in [5.74, 6) is 0.490. The fraction of sp³-hybridized carbons (Fsp3) is 0.154. The molecule has 0 atom stereocenters. The Morgan fingerprint density at radius 2 is 1.81 bits per heavy atom. The molecule has 37 heavy (non-hydrogen) atoms. The summed E-state index contributed by atoms with van der Waals surface area (Å²) in [5, 5.41) is 5.65. The Kier molecular flexibility index (Phi) is 8.26. The number of thiazole rings is 1. The van der Waals surface area contributed by atoms with Gasteiger partial charge in [-0.15, -0.1) is 11.3 Å². The summed E-state index contributed by atoms with van der Waals surface area (Å²) in [6.45, 7) is 0.189. The van der Waals surface area contributed by atoms with Gasteiger partial charge in [0.1, 0.15) is 17.3 Å². The predicted octanol–water partition coefficient (Wildman–Crippen LogP) is 7.65. The molecule has 0 aliphatic rings. The average Bonchev–Trinajstić information content (AvgIpc) is 3.38. The highest BCUT2D eigenvalue weighted by atomic mass is 35.5. The maximum absolute atomic E-state index is 12.9. The quantitative estimate of drug-likeness (QED) is 0.238. The first-order valence-electron chi connectivity index (χ1n) is 10.8. The number of benzene rings is 3. The van der Waals surface area contributed by atoms with Gasteiger partial charge in [0, 0.05) is 17.5 Å². The van der Waals surface area contributed by atoms with Crippen LogP contribution in [-0.4, -0.2) is 18.0 Å². The molecule has 1 heterocycles. The van der Waals surface area contributed by atoms with Crippen molar-refractivity contribution in [1.82, 2.24) is 10.3 Å². The Labute approximate surface area is 224 Å². The molecule has 3 aromatic carbocycles. The monoisotopic (exact) mass is 566 g/mol. The van der Waals surface area contributed by atoms with E-state index in [4.69, 9.17) is 32.7 Å². The van der Waals surface area contributed by atoms with Gasteiger partial charge in [-0.2, -0.15) is 13.2 Å². The second kappa shape index (κ2) is 11.4. The van der Waals surface area contributed by atoms with E-state index in [9.17, 15) is 18.0 Å². The number of hydrogen-bond acceptors (Lipinski definition) is 5. The summed E-state index contributed by atoms with van der Waals surface area (Å²) in [6.07, 6.45) is -4.45. The van der Waals surface area contributed by atoms with Crippen LogP contribution < -0.4 is 14.8 Å². The zero-order valence-electron chi connectivity index (χ0n) is 19.2. The first kappa shape index (κ1) is 26.8. The lowest BCUT2D eigenvalue weighted by Crippen LogP contribution is -2.23. The average molecular weight is 567 g/mol. The number of amides is 1. The molecule has 0 unspecified atom stereocenters. The molecule has 0 spiro atoms. The topological polar surface area (TPSA) is 60.5 Å². The van der Waals surface area contributed by atoms with E-state index >= 15 is 0 Å². The van der Waals surface area contributed by atoms with Crippen molar-refractivity contribution in [1.29, 1.82) is 0 Å². The number of methoxy groups -OCH3 is 1. The molecule has 0 fully saturated rings. The Morgan fingerprint density at radius 1 is 1.00 bits per heavy atom. The van der Waals surface area contributed by atoms with E-state index in [2.05, 4.69) is 10.3 Å². The Bertz CT molecular complexity index is 1430. The Hall–Kier alpha value is -3.27. The normalized spacial score (nSPS) is 11.3. The standard InChI is InChI=1S/C26H19Cl2F3N2O3S/c1-35-23-11-17(6-8-22(23)36-13-16-5-7-19(27)20(28)10-16)25-33-21(14-37-25)24(34)32-12-15-3-2-4-18(9-15)26(29,30)31/h2-11,14H,12-13H2,1H3,(H,32,34). The van der Waals surface area contributed by atoms with E-state index in [0.717, 1.165) is 17.7 Å². The van der Waals surface area contributed by atoms with Gasteiger partial charge >= 0.3 is 6.18 Å². The van der Waals surface area contributed by atoms with E-state index in [1.165, 1.54) is 30.6 Å². The SMILES string of the molecule is COc1cc(-c2nc(C(=O)NCc3cccc(C(F)(F)F)c3)cs2)ccc1OCc1ccc(Cl)c(Cl)c1. The lowest BCUT2D eigenvalue weighted by Gasteiger charge is -2.12. The molecule has 4 aromatic rings. The molecular weight excluding hydrogens is 548 g/mol. The second-order valence-corrected chi connectivity index (χ2v) is 9.49. The van der Waals surface area contributed by atoms with Gasteiger partial charge in [-0.05, 0) is 53.6 Å². The number of ether oxygens (including phenoxy) is 2. The van der Waals surface area contributed by atoms with Crippen LogP contribution in [0.25, 0.3) is 10.6 Å². The van der Waals surface area contributed by atoms with Gasteiger partial charge < -0.3 is 14.8 Å². The van der Waals surface area contributed by atoms with Crippen LogP contribution in [0.1, 0.15) is 27.2 Å². The maximum Gasteiger partial charge on any atom is 0.416 e. The zero-order valence-corrected chi connectivity index (χ0v) is 21.6. The predicted molar refractivity (Wildman–Crippen MR) is 138 cm³/mol. The summed E-state index contributed by atoms with van der Waals surface area (Å²) < 4.78 is 50.0. The van der Waals surface area contributed by atoms with Crippen LogP contribution in [0.5, 0.6) is 11.5 Å². The first-order valence-corrected chi connectivity index (χ1v) is 12.4. The van der Waals surface area contributed by atoms with Crippen molar-refractivity contribution in [3.8, 4) is 22.1 Å². The number of rotatable bonds is 8. The van der Waals surface area contributed by atoms with Gasteiger partial charge in [-0.1, -0.05) is 41.4 Å². The molecule has 0 aliphatic carbocycles. The van der Waals surface area contributed by atoms with Gasteiger partial charge in [0.15, 0.2) is 11.5 Å². The minimum absolute atomic E-state index is 0.0612. The smallest absolute Gasteiger partial charge is 0.416 e. The van der Waals surface area contributed by atoms with Gasteiger partial charge in [-0.3, -0.25) is 4.79 Å². The van der Waals surface area contributed by atoms with E-state index in [1.54, 1.807) is 35.7 Å². The highest BCUT2D eigenvalue weighted by molar-refractivity contribution is 7.13. The molecule has 5 nitrogen and oxygen atoms in total. The van der Waals surface area contributed by atoms with Crippen molar-refractivity contribution in [2.24, 2.45) is 0 Å². The van der Waals surface area contributed by atoms with Gasteiger partial charge in [0.05, 0.1) is 22.7 Å². The van der Waals surface area contributed by atoms with E-state index in [0.29, 0.717) is 37.7 Å². The fourth-order valence-corrected chi connectivity index (χ4v) is 4.47. The lowest BCUT2D eigenvalue weighted by molar-refractivity contribution is -0.137. The third-order valence-electron chi connectivity index (χ3n) is 5.23. The van der Waals surface area contributed by atoms with Crippen LogP contribution in [0.4, 0.5) is 13.2 Å². The number of aromatic nitrogens is 1. The van der Waals surface area contributed by atoms with Crippen molar-refractivity contribution >= 4 is 40.4 Å². The summed E-state index contributed by atoms with van der Waals surface area (Å²) in [7, 11) is 1.51. The number of hydrogen-bond donors (Lipinski definition) is 1. The largest absolute Gasteiger partial charge is 0.493 e. The van der Waals surface area contributed by atoms with Crippen molar-refractivity contribution in [3.05, 3.63) is 98.5 Å². The highest BCUT2D eigenvalue weighted by Crippen LogP contribution is 2.35. The number of carbonyl (C=O) groups is 1.